The van der Waals surface area contributed by atoms with Crippen molar-refractivity contribution in [2.24, 2.45) is 0 Å². The molecular weight excluding hydrogens is 679 g/mol. The fraction of sp³-hybridized carbons (Fsp3) is 0.211. The van der Waals surface area contributed by atoms with Crippen LogP contribution >= 0.6 is 17.0 Å². The fourth-order valence-corrected chi connectivity index (χ4v) is 5.26. The van der Waals surface area contributed by atoms with Gasteiger partial charge in [-0.2, -0.15) is 12.1 Å². The summed E-state index contributed by atoms with van der Waals surface area (Å²) in [6, 6.07) is 34.5. The average molecular weight is 719 g/mol. The molecule has 6 heteroatoms. The van der Waals surface area contributed by atoms with Crippen molar-refractivity contribution in [3.05, 3.63) is 119 Å². The summed E-state index contributed by atoms with van der Waals surface area (Å²) in [6.07, 6.45) is 0. The van der Waals surface area contributed by atoms with Crippen molar-refractivity contribution < 1.29 is 30.3 Å². The van der Waals surface area contributed by atoms with E-state index >= 15 is 0 Å². The summed E-state index contributed by atoms with van der Waals surface area (Å²) in [7, 11) is 14.3. The average Bonchev–Trinajstić information content (AvgIpc) is 3.58. The van der Waals surface area contributed by atoms with Gasteiger partial charge in [-0.25, -0.2) is 0 Å². The van der Waals surface area contributed by atoms with E-state index < -0.39 is 20.8 Å². The van der Waals surface area contributed by atoms with Crippen molar-refractivity contribution >= 4 is 48.1 Å². The predicted molar refractivity (Wildman–Crippen MR) is 191 cm³/mol. The Morgan fingerprint density at radius 2 is 0.886 bits per heavy atom. The van der Waals surface area contributed by atoms with Crippen molar-refractivity contribution in [1.29, 1.82) is 0 Å². The molecule has 44 heavy (non-hydrogen) atoms. The molecule has 0 saturated carbocycles. The summed E-state index contributed by atoms with van der Waals surface area (Å²) in [6.45, 7) is 12.9. The van der Waals surface area contributed by atoms with Crippen LogP contribution in [-0.4, -0.2) is 23.7 Å². The third-order valence-corrected chi connectivity index (χ3v) is 7.03. The molecular formula is C38H40Cl2O2SiZr. The zero-order chi connectivity index (χ0) is 32.2. The Labute approximate surface area is 284 Å². The SMILES string of the molecule is COc1ccc(-c2cc(C)cc3[cH-]c(C)cc23)cc1.COc1ccc(-c2cc(C)cc3[cH-]c(C)cc23)cc1.C[Si]C.[Cl][Zr+2][Cl]. The van der Waals surface area contributed by atoms with E-state index in [4.69, 9.17) is 26.5 Å². The van der Waals surface area contributed by atoms with Gasteiger partial charge in [0, 0.05) is 9.52 Å². The molecule has 0 bridgehead atoms. The molecule has 0 amide bonds. The number of aryl methyl sites for hydroxylation is 4. The minimum atomic E-state index is -0.826. The molecule has 0 aliphatic rings. The summed E-state index contributed by atoms with van der Waals surface area (Å²) in [4.78, 5) is 0. The van der Waals surface area contributed by atoms with Gasteiger partial charge in [0.1, 0.15) is 11.5 Å². The molecule has 0 aromatic heterocycles. The second-order valence-electron chi connectivity index (χ2n) is 10.7. The Hall–Kier alpha value is -2.62. The van der Waals surface area contributed by atoms with E-state index in [1.807, 2.05) is 24.3 Å². The van der Waals surface area contributed by atoms with Crippen LogP contribution < -0.4 is 9.47 Å². The summed E-state index contributed by atoms with van der Waals surface area (Å²) >= 11 is -0.826. The molecule has 6 aromatic carbocycles. The summed E-state index contributed by atoms with van der Waals surface area (Å²) in [5.74, 6) is 1.79. The van der Waals surface area contributed by atoms with Gasteiger partial charge in [-0.15, -0.1) is 56.9 Å². The number of hydrogen-bond acceptors (Lipinski definition) is 2. The monoisotopic (exact) mass is 716 g/mol. The van der Waals surface area contributed by atoms with Crippen LogP contribution in [0.15, 0.2) is 97.1 Å². The number of halogens is 2. The Morgan fingerprint density at radius 1 is 0.568 bits per heavy atom. The maximum atomic E-state index is 5.22. The van der Waals surface area contributed by atoms with Crippen LogP contribution in [0.2, 0.25) is 13.1 Å². The molecule has 0 aliphatic carbocycles. The molecule has 2 nitrogen and oxygen atoms in total. The van der Waals surface area contributed by atoms with Crippen molar-refractivity contribution in [1.82, 2.24) is 0 Å². The van der Waals surface area contributed by atoms with E-state index in [0.29, 0.717) is 0 Å². The number of methoxy groups -OCH3 is 2. The second-order valence-corrected chi connectivity index (χ2v) is 15.5. The minimum absolute atomic E-state index is 0.826. The van der Waals surface area contributed by atoms with Crippen LogP contribution in [-0.2, 0) is 20.8 Å². The number of benzene rings is 4. The predicted octanol–water partition coefficient (Wildman–Crippen LogP) is 11.9. The molecule has 6 aromatic rings. The first-order chi connectivity index (χ1) is 21.2. The van der Waals surface area contributed by atoms with Crippen LogP contribution in [0, 0.1) is 27.7 Å². The third kappa shape index (κ3) is 9.69. The van der Waals surface area contributed by atoms with Gasteiger partial charge in [0.05, 0.1) is 14.2 Å². The first-order valence-corrected chi connectivity index (χ1v) is 22.7. The van der Waals surface area contributed by atoms with Gasteiger partial charge in [0.15, 0.2) is 0 Å². The van der Waals surface area contributed by atoms with Gasteiger partial charge in [-0.1, -0.05) is 85.6 Å². The summed E-state index contributed by atoms with van der Waals surface area (Å²) < 4.78 is 10.4. The van der Waals surface area contributed by atoms with Crippen LogP contribution in [0.1, 0.15) is 22.3 Å². The van der Waals surface area contributed by atoms with E-state index in [9.17, 15) is 0 Å². The van der Waals surface area contributed by atoms with E-state index in [1.165, 1.54) is 66.1 Å². The van der Waals surface area contributed by atoms with Crippen LogP contribution in [0.5, 0.6) is 11.5 Å². The Bertz CT molecular complexity index is 1620. The van der Waals surface area contributed by atoms with Gasteiger partial charge < -0.3 is 9.47 Å². The van der Waals surface area contributed by atoms with E-state index in [-0.39, 0.29) is 0 Å². The Balaban J connectivity index is 0.000000204. The topological polar surface area (TPSA) is 18.5 Å². The first kappa shape index (κ1) is 35.9. The summed E-state index contributed by atoms with van der Waals surface area (Å²) in [5, 5.41) is 5.30. The summed E-state index contributed by atoms with van der Waals surface area (Å²) in [5.41, 5.74) is 10.3. The van der Waals surface area contributed by atoms with Crippen LogP contribution in [0.3, 0.4) is 0 Å². The third-order valence-electron chi connectivity index (χ3n) is 7.03. The molecule has 0 unspecified atom stereocenters. The standard InChI is InChI=1S/2C18H17O.C2H6Si.2ClH.Zr/c2*1-12-8-15-9-13(2)11-18(15)17(10-12)14-4-6-16(19-3)7-5-14;1-3-2;;;/h2*4-11H,1-3H3;1-2H3;2*1H;/q2*-1;;;;+4/p-2. The van der Waals surface area contributed by atoms with Crippen LogP contribution in [0.25, 0.3) is 43.8 Å². The molecule has 226 valence electrons. The van der Waals surface area contributed by atoms with Gasteiger partial charge in [0.25, 0.3) is 0 Å². The maximum absolute atomic E-state index is 5.22. The van der Waals surface area contributed by atoms with Gasteiger partial charge in [-0.05, 0) is 49.2 Å². The number of ether oxygens (including phenoxy) is 2. The van der Waals surface area contributed by atoms with Crippen LogP contribution in [0.4, 0.5) is 0 Å². The zero-order valence-electron chi connectivity index (χ0n) is 26.8. The normalized spacial score (nSPS) is 10.0. The van der Waals surface area contributed by atoms with Crippen molar-refractivity contribution in [2.45, 2.75) is 40.8 Å². The van der Waals surface area contributed by atoms with E-state index in [1.54, 1.807) is 14.2 Å². The molecule has 6 rings (SSSR count). The van der Waals surface area contributed by atoms with E-state index in [0.717, 1.165) is 21.0 Å². The van der Waals surface area contributed by atoms with Crippen molar-refractivity contribution in [3.63, 3.8) is 0 Å². The molecule has 0 atom stereocenters. The number of rotatable bonds is 4. The second kappa shape index (κ2) is 17.8. The molecule has 2 radical (unpaired) electrons. The van der Waals surface area contributed by atoms with Gasteiger partial charge in [-0.3, -0.25) is 0 Å². The van der Waals surface area contributed by atoms with E-state index in [2.05, 4.69) is 114 Å². The first-order valence-electron chi connectivity index (χ1n) is 14.4. The quantitative estimate of drug-likeness (QED) is 0.133. The molecule has 0 fully saturated rings. The Morgan fingerprint density at radius 3 is 1.18 bits per heavy atom. The number of hydrogen-bond donors (Lipinski definition) is 0. The molecule has 0 aliphatic heterocycles. The molecule has 0 spiro atoms. The molecule has 0 saturated heterocycles. The molecule has 0 N–H and O–H groups in total. The zero-order valence-corrected chi connectivity index (χ0v) is 31.8. The molecule has 0 heterocycles. The fourth-order valence-electron chi connectivity index (χ4n) is 5.26. The van der Waals surface area contributed by atoms with Crippen molar-refractivity contribution in [3.8, 4) is 33.8 Å². The number of fused-ring (bicyclic) bond motifs is 2. The Kier molecular flexibility index (Phi) is 14.5. The van der Waals surface area contributed by atoms with Gasteiger partial charge >= 0.3 is 37.9 Å². The van der Waals surface area contributed by atoms with Crippen molar-refractivity contribution in [2.75, 3.05) is 14.2 Å². The van der Waals surface area contributed by atoms with Gasteiger partial charge in [0.2, 0.25) is 0 Å².